The van der Waals surface area contributed by atoms with Gasteiger partial charge in [0.1, 0.15) is 18.2 Å². The quantitative estimate of drug-likeness (QED) is 0.637. The van der Waals surface area contributed by atoms with Crippen LogP contribution in [0.15, 0.2) is 48.7 Å². The van der Waals surface area contributed by atoms with Crippen LogP contribution in [0.4, 0.5) is 10.2 Å². The molecule has 0 unspecified atom stereocenters. The molecule has 0 aliphatic heterocycles. The lowest BCUT2D eigenvalue weighted by Gasteiger charge is -2.12. The number of ether oxygens (including phenoxy) is 1. The summed E-state index contributed by atoms with van der Waals surface area (Å²) in [6, 6.07) is 11.1. The Balaban J connectivity index is 1.94. The summed E-state index contributed by atoms with van der Waals surface area (Å²) >= 11 is 0. The molecule has 0 bridgehead atoms. The number of carbonyl (C=O) groups excluding carboxylic acids is 2. The van der Waals surface area contributed by atoms with E-state index >= 15 is 0 Å². The number of esters is 1. The van der Waals surface area contributed by atoms with Gasteiger partial charge in [-0.2, -0.15) is 0 Å². The number of rotatable bonds is 6. The van der Waals surface area contributed by atoms with Gasteiger partial charge in [0.2, 0.25) is 5.91 Å². The van der Waals surface area contributed by atoms with Crippen molar-refractivity contribution in [3.63, 3.8) is 0 Å². The van der Waals surface area contributed by atoms with Crippen LogP contribution in [0, 0.1) is 19.7 Å². The van der Waals surface area contributed by atoms with Crippen molar-refractivity contribution in [1.82, 2.24) is 9.55 Å². The first-order valence-electron chi connectivity index (χ1n) is 9.24. The van der Waals surface area contributed by atoms with E-state index in [2.05, 4.69) is 10.3 Å². The van der Waals surface area contributed by atoms with Gasteiger partial charge in [-0.15, -0.1) is 0 Å². The molecule has 0 fully saturated rings. The Morgan fingerprint density at radius 3 is 2.48 bits per heavy atom. The van der Waals surface area contributed by atoms with E-state index in [1.54, 1.807) is 48.9 Å². The van der Waals surface area contributed by atoms with Gasteiger partial charge >= 0.3 is 5.97 Å². The molecule has 0 atom stereocenters. The number of nitrogens with one attached hydrogen (secondary N) is 1. The predicted octanol–water partition coefficient (Wildman–Crippen LogP) is 4.12. The van der Waals surface area contributed by atoms with E-state index in [9.17, 15) is 14.0 Å². The van der Waals surface area contributed by atoms with Gasteiger partial charge in [0.25, 0.3) is 0 Å². The number of hydrogen-bond donors (Lipinski definition) is 1. The van der Waals surface area contributed by atoms with Crippen molar-refractivity contribution in [2.24, 2.45) is 0 Å². The number of anilines is 1. The highest BCUT2D eigenvalue weighted by Gasteiger charge is 2.21. The summed E-state index contributed by atoms with van der Waals surface area (Å²) in [7, 11) is 0. The zero-order valence-corrected chi connectivity index (χ0v) is 16.5. The van der Waals surface area contributed by atoms with Crippen LogP contribution in [-0.2, 0) is 16.1 Å². The van der Waals surface area contributed by atoms with Crippen molar-refractivity contribution in [2.75, 3.05) is 11.9 Å². The summed E-state index contributed by atoms with van der Waals surface area (Å²) in [5.74, 6) is -0.678. The van der Waals surface area contributed by atoms with Gasteiger partial charge in [0.05, 0.1) is 12.2 Å². The summed E-state index contributed by atoms with van der Waals surface area (Å²) in [6.45, 7) is 5.60. The molecular weight excluding hydrogens is 373 g/mol. The molecule has 7 heteroatoms. The Labute approximate surface area is 168 Å². The molecule has 0 aliphatic rings. The number of halogens is 1. The number of pyridine rings is 1. The third-order valence-corrected chi connectivity index (χ3v) is 4.48. The molecule has 29 heavy (non-hydrogen) atoms. The standard InChI is InChI=1S/C22H22FN3O3/c1-4-29-22(28)18-11-19(16-6-8-17(23)9-7-16)26(15(18)3)13-21(27)25-20-10-5-14(2)12-24-20/h5-12H,4,13H2,1-3H3,(H,24,25,27). The second kappa shape index (κ2) is 8.68. The fraction of sp³-hybridized carbons (Fsp3) is 0.227. The van der Waals surface area contributed by atoms with Crippen LogP contribution < -0.4 is 5.32 Å². The Kier molecular flexibility index (Phi) is 6.07. The number of aromatic nitrogens is 2. The van der Waals surface area contributed by atoms with Gasteiger partial charge < -0.3 is 14.6 Å². The lowest BCUT2D eigenvalue weighted by molar-refractivity contribution is -0.116. The maximum absolute atomic E-state index is 13.3. The Morgan fingerprint density at radius 1 is 1.14 bits per heavy atom. The Morgan fingerprint density at radius 2 is 1.86 bits per heavy atom. The maximum Gasteiger partial charge on any atom is 0.339 e. The van der Waals surface area contributed by atoms with Crippen molar-refractivity contribution < 1.29 is 18.7 Å². The van der Waals surface area contributed by atoms with E-state index in [0.717, 1.165) is 5.56 Å². The van der Waals surface area contributed by atoms with Gasteiger partial charge in [-0.25, -0.2) is 14.2 Å². The fourth-order valence-electron chi connectivity index (χ4n) is 2.99. The number of benzene rings is 1. The predicted molar refractivity (Wildman–Crippen MR) is 108 cm³/mol. The lowest BCUT2D eigenvalue weighted by Crippen LogP contribution is -2.21. The molecule has 1 amide bonds. The van der Waals surface area contributed by atoms with Gasteiger partial charge in [-0.1, -0.05) is 6.07 Å². The largest absolute Gasteiger partial charge is 0.462 e. The van der Waals surface area contributed by atoms with Crippen LogP contribution >= 0.6 is 0 Å². The first-order valence-corrected chi connectivity index (χ1v) is 9.24. The lowest BCUT2D eigenvalue weighted by atomic mass is 10.1. The molecule has 0 saturated heterocycles. The summed E-state index contributed by atoms with van der Waals surface area (Å²) in [5, 5.41) is 2.75. The summed E-state index contributed by atoms with van der Waals surface area (Å²) in [4.78, 5) is 29.1. The van der Waals surface area contributed by atoms with E-state index < -0.39 is 5.97 Å². The smallest absolute Gasteiger partial charge is 0.339 e. The van der Waals surface area contributed by atoms with E-state index in [0.29, 0.717) is 28.3 Å². The van der Waals surface area contributed by atoms with Gasteiger partial charge in [-0.05, 0) is 68.3 Å². The number of carbonyl (C=O) groups is 2. The average molecular weight is 395 g/mol. The second-order valence-corrected chi connectivity index (χ2v) is 6.61. The molecule has 2 aromatic heterocycles. The molecule has 1 N–H and O–H groups in total. The molecule has 3 aromatic rings. The molecular formula is C22H22FN3O3. The van der Waals surface area contributed by atoms with Crippen LogP contribution in [0.5, 0.6) is 0 Å². The minimum Gasteiger partial charge on any atom is -0.462 e. The highest BCUT2D eigenvalue weighted by Crippen LogP contribution is 2.27. The maximum atomic E-state index is 13.3. The normalized spacial score (nSPS) is 10.6. The third-order valence-electron chi connectivity index (χ3n) is 4.48. The second-order valence-electron chi connectivity index (χ2n) is 6.61. The third kappa shape index (κ3) is 4.68. The number of amides is 1. The van der Waals surface area contributed by atoms with Crippen molar-refractivity contribution in [1.29, 1.82) is 0 Å². The van der Waals surface area contributed by atoms with E-state index in [1.165, 1.54) is 12.1 Å². The molecule has 150 valence electrons. The molecule has 0 spiro atoms. The van der Waals surface area contributed by atoms with Crippen LogP contribution in [0.3, 0.4) is 0 Å². The van der Waals surface area contributed by atoms with Crippen molar-refractivity contribution in [2.45, 2.75) is 27.3 Å². The fourth-order valence-corrected chi connectivity index (χ4v) is 2.99. The van der Waals surface area contributed by atoms with Crippen LogP contribution in [0.2, 0.25) is 0 Å². The van der Waals surface area contributed by atoms with Crippen molar-refractivity contribution in [3.05, 3.63) is 71.3 Å². The number of aryl methyl sites for hydroxylation is 1. The van der Waals surface area contributed by atoms with E-state index in [-0.39, 0.29) is 24.9 Å². The van der Waals surface area contributed by atoms with Crippen LogP contribution in [0.1, 0.15) is 28.5 Å². The van der Waals surface area contributed by atoms with E-state index in [4.69, 9.17) is 4.74 Å². The summed E-state index contributed by atoms with van der Waals surface area (Å²) < 4.78 is 20.2. The molecule has 0 radical (unpaired) electrons. The highest BCUT2D eigenvalue weighted by molar-refractivity contribution is 5.94. The molecule has 1 aromatic carbocycles. The Hall–Kier alpha value is -3.48. The van der Waals surface area contributed by atoms with Crippen molar-refractivity contribution >= 4 is 17.7 Å². The zero-order chi connectivity index (χ0) is 21.0. The topological polar surface area (TPSA) is 73.2 Å². The zero-order valence-electron chi connectivity index (χ0n) is 16.5. The molecule has 2 heterocycles. The highest BCUT2D eigenvalue weighted by atomic mass is 19.1. The summed E-state index contributed by atoms with van der Waals surface area (Å²) in [5.41, 5.74) is 3.26. The SMILES string of the molecule is CCOC(=O)c1cc(-c2ccc(F)cc2)n(CC(=O)Nc2ccc(C)cn2)c1C. The minimum absolute atomic E-state index is 0.0342. The number of hydrogen-bond acceptors (Lipinski definition) is 4. The number of nitrogens with zero attached hydrogens (tertiary/aromatic N) is 2. The van der Waals surface area contributed by atoms with Gasteiger partial charge in [0.15, 0.2) is 0 Å². The Bertz CT molecular complexity index is 1020. The first kappa shape index (κ1) is 20.3. The molecule has 0 aliphatic carbocycles. The first-order chi connectivity index (χ1) is 13.9. The van der Waals surface area contributed by atoms with Crippen LogP contribution in [-0.4, -0.2) is 28.0 Å². The monoisotopic (exact) mass is 395 g/mol. The van der Waals surface area contributed by atoms with E-state index in [1.807, 2.05) is 13.0 Å². The minimum atomic E-state index is -0.465. The average Bonchev–Trinajstić information content (AvgIpc) is 3.01. The van der Waals surface area contributed by atoms with Crippen molar-refractivity contribution in [3.8, 4) is 11.3 Å². The van der Waals surface area contributed by atoms with Gasteiger partial charge in [0, 0.05) is 17.6 Å². The van der Waals surface area contributed by atoms with Crippen LogP contribution in [0.25, 0.3) is 11.3 Å². The molecule has 0 saturated carbocycles. The van der Waals surface area contributed by atoms with Gasteiger partial charge in [-0.3, -0.25) is 4.79 Å². The summed E-state index contributed by atoms with van der Waals surface area (Å²) in [6.07, 6.45) is 1.67. The molecule has 3 rings (SSSR count). The molecule has 6 nitrogen and oxygen atoms in total.